The Hall–Kier alpha value is -2.07. The fourth-order valence-electron chi connectivity index (χ4n) is 2.22. The maximum Gasteiger partial charge on any atom is 0.203 e. The van der Waals surface area contributed by atoms with Gasteiger partial charge in [-0.3, -0.25) is 0 Å². The minimum Gasteiger partial charge on any atom is -0.353 e. The number of hydrogen-bond donors (Lipinski definition) is 1. The minimum atomic E-state index is -3.38. The number of fused-ring (bicyclic) bond motifs is 1. The van der Waals surface area contributed by atoms with Crippen LogP contribution < -0.4 is 5.32 Å². The van der Waals surface area contributed by atoms with Gasteiger partial charge in [0.1, 0.15) is 0 Å². The van der Waals surface area contributed by atoms with Crippen LogP contribution in [-0.4, -0.2) is 8.42 Å². The highest BCUT2D eigenvalue weighted by atomic mass is 32.2. The maximum absolute atomic E-state index is 12.3. The van der Waals surface area contributed by atoms with Crippen molar-refractivity contribution < 1.29 is 8.42 Å². The van der Waals surface area contributed by atoms with Crippen LogP contribution >= 0.6 is 0 Å². The highest BCUT2D eigenvalue weighted by molar-refractivity contribution is 7.94. The number of anilines is 1. The van der Waals surface area contributed by atoms with Crippen LogP contribution in [0.15, 0.2) is 58.8 Å². The van der Waals surface area contributed by atoms with Crippen molar-refractivity contribution in [3.8, 4) is 0 Å². The van der Waals surface area contributed by atoms with E-state index in [2.05, 4.69) is 5.32 Å². The van der Waals surface area contributed by atoms with E-state index >= 15 is 0 Å². The Morgan fingerprint density at radius 1 is 0.947 bits per heavy atom. The Morgan fingerprint density at radius 3 is 2.42 bits per heavy atom. The molecular formula is C15H13NO2S. The van der Waals surface area contributed by atoms with E-state index in [1.54, 1.807) is 18.2 Å². The summed E-state index contributed by atoms with van der Waals surface area (Å²) in [5.41, 5.74) is 3.19. The molecule has 0 saturated carbocycles. The Balaban J connectivity index is 2.19. The van der Waals surface area contributed by atoms with Crippen molar-refractivity contribution in [2.45, 2.75) is 11.8 Å². The molecular weight excluding hydrogens is 258 g/mol. The van der Waals surface area contributed by atoms with E-state index in [1.807, 2.05) is 37.3 Å². The van der Waals surface area contributed by atoms with Crippen LogP contribution in [0, 0.1) is 6.92 Å². The van der Waals surface area contributed by atoms with Gasteiger partial charge in [0.2, 0.25) is 9.84 Å². The molecule has 0 saturated heterocycles. The Morgan fingerprint density at radius 2 is 1.63 bits per heavy atom. The zero-order valence-electron chi connectivity index (χ0n) is 10.4. The van der Waals surface area contributed by atoms with Crippen molar-refractivity contribution in [3.05, 3.63) is 65.1 Å². The van der Waals surface area contributed by atoms with Crippen molar-refractivity contribution >= 4 is 21.2 Å². The summed E-state index contributed by atoms with van der Waals surface area (Å²) in [5, 5.41) is 4.49. The molecule has 0 spiro atoms. The molecule has 1 heterocycles. The van der Waals surface area contributed by atoms with Crippen LogP contribution in [0.4, 0.5) is 5.69 Å². The predicted octanol–water partition coefficient (Wildman–Crippen LogP) is 3.19. The molecule has 2 aromatic carbocycles. The van der Waals surface area contributed by atoms with Gasteiger partial charge in [-0.05, 0) is 24.6 Å². The summed E-state index contributed by atoms with van der Waals surface area (Å²) in [5.74, 6) is 0. The van der Waals surface area contributed by atoms with Gasteiger partial charge in [-0.25, -0.2) is 8.42 Å². The molecule has 1 N–H and O–H groups in total. The van der Waals surface area contributed by atoms with E-state index in [0.29, 0.717) is 16.3 Å². The zero-order chi connectivity index (χ0) is 13.5. The van der Waals surface area contributed by atoms with E-state index in [0.717, 1.165) is 11.1 Å². The molecule has 0 atom stereocenters. The van der Waals surface area contributed by atoms with Crippen molar-refractivity contribution in [2.24, 2.45) is 0 Å². The summed E-state index contributed by atoms with van der Waals surface area (Å²) in [7, 11) is -3.38. The molecule has 19 heavy (non-hydrogen) atoms. The summed E-state index contributed by atoms with van der Waals surface area (Å²) in [6.45, 7) is 1.96. The monoisotopic (exact) mass is 271 g/mol. The highest BCUT2D eigenvalue weighted by Crippen LogP contribution is 2.33. The molecule has 0 aliphatic carbocycles. The van der Waals surface area contributed by atoms with Gasteiger partial charge in [-0.1, -0.05) is 36.4 Å². The predicted molar refractivity (Wildman–Crippen MR) is 76.4 cm³/mol. The molecule has 4 heteroatoms. The van der Waals surface area contributed by atoms with Gasteiger partial charge in [0.15, 0.2) is 0 Å². The summed E-state index contributed by atoms with van der Waals surface area (Å²) in [6.07, 6.45) is 0. The Labute approximate surface area is 112 Å². The van der Waals surface area contributed by atoms with E-state index in [9.17, 15) is 8.42 Å². The highest BCUT2D eigenvalue weighted by Gasteiger charge is 2.23. The molecule has 1 aliphatic rings. The van der Waals surface area contributed by atoms with Gasteiger partial charge < -0.3 is 5.32 Å². The summed E-state index contributed by atoms with van der Waals surface area (Å²) in [4.78, 5) is 0.326. The van der Waals surface area contributed by atoms with Crippen LogP contribution in [0.2, 0.25) is 0 Å². The molecule has 0 bridgehead atoms. The first-order chi connectivity index (χ1) is 9.08. The first-order valence-electron chi connectivity index (χ1n) is 5.97. The topological polar surface area (TPSA) is 46.2 Å². The SMILES string of the molecule is Cc1ccccc1C1=CS(=O)(=O)c2ccccc2N1. The third kappa shape index (κ3) is 2.04. The smallest absolute Gasteiger partial charge is 0.203 e. The maximum atomic E-state index is 12.3. The first kappa shape index (κ1) is 12.0. The molecule has 0 amide bonds. The normalized spacial score (nSPS) is 16.2. The Kier molecular flexibility index (Phi) is 2.68. The van der Waals surface area contributed by atoms with Crippen LogP contribution in [0.5, 0.6) is 0 Å². The summed E-state index contributed by atoms with van der Waals surface area (Å²) >= 11 is 0. The number of hydrogen-bond acceptors (Lipinski definition) is 3. The molecule has 96 valence electrons. The average molecular weight is 271 g/mol. The third-order valence-corrected chi connectivity index (χ3v) is 4.69. The van der Waals surface area contributed by atoms with Gasteiger partial charge in [-0.2, -0.15) is 0 Å². The van der Waals surface area contributed by atoms with Crippen LogP contribution in [0.3, 0.4) is 0 Å². The van der Waals surface area contributed by atoms with E-state index < -0.39 is 9.84 Å². The molecule has 2 aromatic rings. The van der Waals surface area contributed by atoms with Gasteiger partial charge >= 0.3 is 0 Å². The summed E-state index contributed by atoms with van der Waals surface area (Å²) < 4.78 is 24.5. The fraction of sp³-hybridized carbons (Fsp3) is 0.0667. The van der Waals surface area contributed by atoms with Crippen LogP contribution in [0.1, 0.15) is 11.1 Å². The molecule has 3 nitrogen and oxygen atoms in total. The lowest BCUT2D eigenvalue weighted by atomic mass is 10.1. The lowest BCUT2D eigenvalue weighted by molar-refractivity contribution is 0.604. The third-order valence-electron chi connectivity index (χ3n) is 3.17. The second kappa shape index (κ2) is 4.24. The van der Waals surface area contributed by atoms with Gasteiger partial charge in [0.05, 0.1) is 21.7 Å². The molecule has 0 aromatic heterocycles. The van der Waals surface area contributed by atoms with Crippen molar-refractivity contribution in [1.82, 2.24) is 0 Å². The molecule has 0 radical (unpaired) electrons. The summed E-state index contributed by atoms with van der Waals surface area (Å²) in [6, 6.07) is 14.7. The fourth-order valence-corrected chi connectivity index (χ4v) is 3.53. The first-order valence-corrected chi connectivity index (χ1v) is 7.51. The lowest BCUT2D eigenvalue weighted by Gasteiger charge is -2.20. The van der Waals surface area contributed by atoms with Crippen molar-refractivity contribution in [1.29, 1.82) is 0 Å². The molecule has 0 unspecified atom stereocenters. The number of benzene rings is 2. The largest absolute Gasteiger partial charge is 0.353 e. The average Bonchev–Trinajstić information content (AvgIpc) is 2.38. The molecule has 1 aliphatic heterocycles. The van der Waals surface area contributed by atoms with Crippen molar-refractivity contribution in [2.75, 3.05) is 5.32 Å². The molecule has 0 fully saturated rings. The van der Waals surface area contributed by atoms with Crippen LogP contribution in [-0.2, 0) is 9.84 Å². The quantitative estimate of drug-likeness (QED) is 0.866. The molecule has 3 rings (SSSR count). The lowest BCUT2D eigenvalue weighted by Crippen LogP contribution is -2.13. The number of rotatable bonds is 1. The number of nitrogens with one attached hydrogen (secondary N) is 1. The number of para-hydroxylation sites is 1. The number of aryl methyl sites for hydroxylation is 1. The number of sulfone groups is 1. The van der Waals surface area contributed by atoms with Crippen LogP contribution in [0.25, 0.3) is 5.70 Å². The van der Waals surface area contributed by atoms with Gasteiger partial charge in [-0.15, -0.1) is 0 Å². The van der Waals surface area contributed by atoms with Gasteiger partial charge in [0, 0.05) is 5.56 Å². The minimum absolute atomic E-state index is 0.326. The van der Waals surface area contributed by atoms with E-state index in [1.165, 1.54) is 5.41 Å². The zero-order valence-corrected chi connectivity index (χ0v) is 11.2. The van der Waals surface area contributed by atoms with E-state index in [4.69, 9.17) is 0 Å². The van der Waals surface area contributed by atoms with E-state index in [-0.39, 0.29) is 0 Å². The Bertz CT molecular complexity index is 776. The van der Waals surface area contributed by atoms with Crippen molar-refractivity contribution in [3.63, 3.8) is 0 Å². The second-order valence-corrected chi connectivity index (χ2v) is 6.28. The standard InChI is InChI=1S/C15H13NO2S/c1-11-6-2-3-7-12(11)14-10-19(17,18)15-9-5-4-8-13(15)16-14/h2-10,16H,1H3. The second-order valence-electron chi connectivity index (χ2n) is 4.51. The van der Waals surface area contributed by atoms with Gasteiger partial charge in [0.25, 0.3) is 0 Å².